The summed E-state index contributed by atoms with van der Waals surface area (Å²) in [4.78, 5) is 26.9. The second kappa shape index (κ2) is 9.85. The highest BCUT2D eigenvalue weighted by atomic mass is 32.1. The largest absolute Gasteiger partial charge is 0.497 e. The van der Waals surface area contributed by atoms with Gasteiger partial charge in [-0.1, -0.05) is 6.07 Å². The Bertz CT molecular complexity index is 810. The first kappa shape index (κ1) is 20.6. The quantitative estimate of drug-likeness (QED) is 0.659. The van der Waals surface area contributed by atoms with Crippen molar-refractivity contribution in [3.05, 3.63) is 46.2 Å². The summed E-state index contributed by atoms with van der Waals surface area (Å²) in [5, 5.41) is 5.04. The van der Waals surface area contributed by atoms with Crippen LogP contribution in [0.5, 0.6) is 5.75 Å². The van der Waals surface area contributed by atoms with Crippen molar-refractivity contribution in [2.75, 3.05) is 25.5 Å². The SMILES string of the molecule is COc1cccc(NC(=O)CCC2CCN(Cc3csc(C(C)=O)c3)CC2)c1. The lowest BCUT2D eigenvalue weighted by atomic mass is 9.92. The maximum atomic E-state index is 12.2. The van der Waals surface area contributed by atoms with E-state index in [0.717, 1.165) is 55.2 Å². The molecule has 0 spiro atoms. The van der Waals surface area contributed by atoms with Crippen LogP contribution in [0.2, 0.25) is 0 Å². The van der Waals surface area contributed by atoms with Gasteiger partial charge in [0.2, 0.25) is 5.91 Å². The summed E-state index contributed by atoms with van der Waals surface area (Å²) in [6.07, 6.45) is 3.72. The maximum absolute atomic E-state index is 12.2. The number of hydrogen-bond donors (Lipinski definition) is 1. The number of likely N-dealkylation sites (tertiary alicyclic amines) is 1. The third-order valence-electron chi connectivity index (χ3n) is 5.25. The molecule has 1 aromatic carbocycles. The van der Waals surface area contributed by atoms with E-state index in [-0.39, 0.29) is 11.7 Å². The molecule has 1 aromatic heterocycles. The lowest BCUT2D eigenvalue weighted by molar-refractivity contribution is -0.116. The summed E-state index contributed by atoms with van der Waals surface area (Å²) in [5.41, 5.74) is 2.01. The van der Waals surface area contributed by atoms with Crippen LogP contribution in [0.15, 0.2) is 35.7 Å². The molecule has 6 heteroatoms. The van der Waals surface area contributed by atoms with E-state index in [4.69, 9.17) is 4.74 Å². The molecule has 0 unspecified atom stereocenters. The Kier molecular flexibility index (Phi) is 7.23. The molecule has 0 saturated carbocycles. The third-order valence-corrected chi connectivity index (χ3v) is 6.33. The lowest BCUT2D eigenvalue weighted by Crippen LogP contribution is -2.33. The van der Waals surface area contributed by atoms with Gasteiger partial charge in [-0.2, -0.15) is 0 Å². The molecule has 1 fully saturated rings. The zero-order chi connectivity index (χ0) is 19.9. The molecule has 0 radical (unpaired) electrons. The normalized spacial score (nSPS) is 15.4. The van der Waals surface area contributed by atoms with E-state index in [9.17, 15) is 9.59 Å². The number of amides is 1. The molecule has 0 atom stereocenters. The molecule has 3 rings (SSSR count). The predicted octanol–water partition coefficient (Wildman–Crippen LogP) is 4.59. The molecule has 0 bridgehead atoms. The molecule has 1 aliphatic heterocycles. The van der Waals surface area contributed by atoms with Crippen LogP contribution < -0.4 is 10.1 Å². The van der Waals surface area contributed by atoms with Crippen LogP contribution in [0.1, 0.15) is 47.8 Å². The number of hydrogen-bond acceptors (Lipinski definition) is 5. The summed E-state index contributed by atoms with van der Waals surface area (Å²) < 4.78 is 5.19. The number of carbonyl (C=O) groups excluding carboxylic acids is 2. The summed E-state index contributed by atoms with van der Waals surface area (Å²) in [7, 11) is 1.62. The van der Waals surface area contributed by atoms with Crippen molar-refractivity contribution >= 4 is 28.7 Å². The first-order chi connectivity index (χ1) is 13.5. The van der Waals surface area contributed by atoms with E-state index in [1.807, 2.05) is 30.3 Å². The lowest BCUT2D eigenvalue weighted by Gasteiger charge is -2.31. The zero-order valence-electron chi connectivity index (χ0n) is 16.6. The van der Waals surface area contributed by atoms with Crippen molar-refractivity contribution in [2.45, 2.75) is 39.2 Å². The van der Waals surface area contributed by atoms with Gasteiger partial charge in [-0.05, 0) is 74.3 Å². The second-order valence-corrected chi connectivity index (χ2v) is 8.32. The predicted molar refractivity (Wildman–Crippen MR) is 113 cm³/mol. The van der Waals surface area contributed by atoms with Crippen molar-refractivity contribution in [3.63, 3.8) is 0 Å². The number of nitrogens with one attached hydrogen (secondary N) is 1. The van der Waals surface area contributed by atoms with Gasteiger partial charge in [0, 0.05) is 24.7 Å². The van der Waals surface area contributed by atoms with Crippen LogP contribution in [-0.2, 0) is 11.3 Å². The molecule has 0 aliphatic carbocycles. The summed E-state index contributed by atoms with van der Waals surface area (Å²) in [6, 6.07) is 9.46. The average Bonchev–Trinajstić information content (AvgIpc) is 3.16. The fourth-order valence-electron chi connectivity index (χ4n) is 3.59. The van der Waals surface area contributed by atoms with Crippen molar-refractivity contribution in [1.29, 1.82) is 0 Å². The monoisotopic (exact) mass is 400 g/mol. The molecule has 2 aromatic rings. The van der Waals surface area contributed by atoms with Crippen molar-refractivity contribution in [2.24, 2.45) is 5.92 Å². The minimum Gasteiger partial charge on any atom is -0.497 e. The zero-order valence-corrected chi connectivity index (χ0v) is 17.4. The Balaban J connectivity index is 1.37. The van der Waals surface area contributed by atoms with Gasteiger partial charge in [0.25, 0.3) is 0 Å². The standard InChI is InChI=1S/C22H28N2O3S/c1-16(25)21-12-18(15-28-21)14-24-10-8-17(9-11-24)6-7-22(26)23-19-4-3-5-20(13-19)27-2/h3-5,12-13,15,17H,6-11,14H2,1-2H3,(H,23,26). The Morgan fingerprint density at radius 2 is 2.04 bits per heavy atom. The Labute approximate surface area is 170 Å². The van der Waals surface area contributed by atoms with Crippen molar-refractivity contribution in [1.82, 2.24) is 4.90 Å². The van der Waals surface area contributed by atoms with Gasteiger partial charge in [-0.25, -0.2) is 0 Å². The Morgan fingerprint density at radius 1 is 1.25 bits per heavy atom. The third kappa shape index (κ3) is 5.91. The number of carbonyl (C=O) groups is 2. The number of benzene rings is 1. The second-order valence-electron chi connectivity index (χ2n) is 7.41. The molecule has 1 saturated heterocycles. The van der Waals surface area contributed by atoms with Gasteiger partial charge >= 0.3 is 0 Å². The first-order valence-corrected chi connectivity index (χ1v) is 10.7. The fraction of sp³-hybridized carbons (Fsp3) is 0.455. The number of Topliss-reactive ketones (excluding diaryl/α,β-unsaturated/α-hetero) is 1. The number of thiophene rings is 1. The first-order valence-electron chi connectivity index (χ1n) is 9.78. The molecule has 5 nitrogen and oxygen atoms in total. The van der Waals surface area contributed by atoms with E-state index in [2.05, 4.69) is 15.6 Å². The molecular weight excluding hydrogens is 372 g/mol. The fourth-order valence-corrected chi connectivity index (χ4v) is 4.40. The molecule has 2 heterocycles. The van der Waals surface area contributed by atoms with Crippen LogP contribution >= 0.6 is 11.3 Å². The summed E-state index contributed by atoms with van der Waals surface area (Å²) >= 11 is 1.53. The number of methoxy groups -OCH3 is 1. The highest BCUT2D eigenvalue weighted by Crippen LogP contribution is 2.25. The highest BCUT2D eigenvalue weighted by molar-refractivity contribution is 7.12. The minimum atomic E-state index is 0.0609. The number of rotatable bonds is 8. The van der Waals surface area contributed by atoms with E-state index >= 15 is 0 Å². The number of nitrogens with zero attached hydrogens (tertiary/aromatic N) is 1. The summed E-state index contributed by atoms with van der Waals surface area (Å²) in [5.74, 6) is 1.54. The molecule has 1 amide bonds. The van der Waals surface area contributed by atoms with Crippen LogP contribution in [0.25, 0.3) is 0 Å². The van der Waals surface area contributed by atoms with Gasteiger partial charge in [0.15, 0.2) is 5.78 Å². The average molecular weight is 401 g/mol. The van der Waals surface area contributed by atoms with Crippen LogP contribution in [-0.4, -0.2) is 36.8 Å². The van der Waals surface area contributed by atoms with Gasteiger partial charge < -0.3 is 10.1 Å². The minimum absolute atomic E-state index is 0.0609. The van der Waals surface area contributed by atoms with E-state index in [0.29, 0.717) is 12.3 Å². The van der Waals surface area contributed by atoms with Gasteiger partial charge in [0.05, 0.1) is 12.0 Å². The van der Waals surface area contributed by atoms with Crippen LogP contribution in [0.3, 0.4) is 0 Å². The molecule has 1 aliphatic rings. The highest BCUT2D eigenvalue weighted by Gasteiger charge is 2.20. The molecule has 1 N–H and O–H groups in total. The van der Waals surface area contributed by atoms with Crippen molar-refractivity contribution in [3.8, 4) is 5.75 Å². The van der Waals surface area contributed by atoms with Crippen LogP contribution in [0.4, 0.5) is 5.69 Å². The maximum Gasteiger partial charge on any atom is 0.224 e. The van der Waals surface area contributed by atoms with Crippen LogP contribution in [0, 0.1) is 5.92 Å². The number of anilines is 1. The smallest absolute Gasteiger partial charge is 0.224 e. The molecule has 150 valence electrons. The molecular formula is C22H28N2O3S. The van der Waals surface area contributed by atoms with E-state index < -0.39 is 0 Å². The topological polar surface area (TPSA) is 58.6 Å². The van der Waals surface area contributed by atoms with E-state index in [1.54, 1.807) is 14.0 Å². The van der Waals surface area contributed by atoms with Gasteiger partial charge in [0.1, 0.15) is 5.75 Å². The van der Waals surface area contributed by atoms with E-state index in [1.165, 1.54) is 16.9 Å². The summed E-state index contributed by atoms with van der Waals surface area (Å²) in [6.45, 7) is 4.62. The Morgan fingerprint density at radius 3 is 2.71 bits per heavy atom. The van der Waals surface area contributed by atoms with Gasteiger partial charge in [-0.3, -0.25) is 14.5 Å². The van der Waals surface area contributed by atoms with Gasteiger partial charge in [-0.15, -0.1) is 11.3 Å². The number of ether oxygens (including phenoxy) is 1. The van der Waals surface area contributed by atoms with Crippen molar-refractivity contribution < 1.29 is 14.3 Å². The number of ketones is 1. The Hall–Kier alpha value is -2.18. The molecule has 28 heavy (non-hydrogen) atoms. The number of piperidine rings is 1.